The smallest absolute Gasteiger partial charge is 0.335 e. The standard InChI is InChI=1S/C23H18N2O4S/c1-13-6-7-14(2)18(10-13)24-23-25-21(26)20(30-23)12-17-8-9-19(29-17)15-4-3-5-16(11-15)22(27)28/h3-12H,1-2H3,(H,27,28)(H,24,25,26). The molecule has 0 bridgehead atoms. The number of aromatic carboxylic acids is 1. The van der Waals surface area contributed by atoms with Crippen LogP contribution in [0.2, 0.25) is 0 Å². The summed E-state index contributed by atoms with van der Waals surface area (Å²) in [5, 5.41) is 12.4. The highest BCUT2D eigenvalue weighted by molar-refractivity contribution is 8.18. The first-order valence-electron chi connectivity index (χ1n) is 9.19. The van der Waals surface area contributed by atoms with E-state index in [1.165, 1.54) is 17.8 Å². The molecule has 0 unspecified atom stereocenters. The summed E-state index contributed by atoms with van der Waals surface area (Å²) in [6.45, 7) is 3.97. The molecule has 6 nitrogen and oxygen atoms in total. The van der Waals surface area contributed by atoms with Crippen LogP contribution in [0.4, 0.5) is 5.69 Å². The average Bonchev–Trinajstić information content (AvgIpc) is 3.32. The van der Waals surface area contributed by atoms with Crippen molar-refractivity contribution >= 4 is 40.6 Å². The molecule has 30 heavy (non-hydrogen) atoms. The van der Waals surface area contributed by atoms with E-state index in [-0.39, 0.29) is 11.5 Å². The molecule has 1 amide bonds. The second kappa shape index (κ2) is 8.04. The number of amidine groups is 1. The fourth-order valence-electron chi connectivity index (χ4n) is 2.95. The summed E-state index contributed by atoms with van der Waals surface area (Å²) in [6, 6.07) is 16.0. The van der Waals surface area contributed by atoms with Crippen LogP contribution in [0.25, 0.3) is 17.4 Å². The number of benzene rings is 2. The van der Waals surface area contributed by atoms with Crippen molar-refractivity contribution in [1.29, 1.82) is 0 Å². The third-order valence-corrected chi connectivity index (χ3v) is 5.44. The molecule has 2 N–H and O–H groups in total. The lowest BCUT2D eigenvalue weighted by Crippen LogP contribution is -2.19. The van der Waals surface area contributed by atoms with Crippen molar-refractivity contribution in [1.82, 2.24) is 5.32 Å². The summed E-state index contributed by atoms with van der Waals surface area (Å²) in [7, 11) is 0. The van der Waals surface area contributed by atoms with Crippen LogP contribution in [0, 0.1) is 13.8 Å². The number of thioether (sulfide) groups is 1. The van der Waals surface area contributed by atoms with E-state index in [1.807, 2.05) is 32.0 Å². The van der Waals surface area contributed by atoms with Gasteiger partial charge in [-0.05, 0) is 67.1 Å². The summed E-state index contributed by atoms with van der Waals surface area (Å²) < 4.78 is 5.80. The van der Waals surface area contributed by atoms with Gasteiger partial charge in [-0.25, -0.2) is 9.79 Å². The first kappa shape index (κ1) is 19.7. The monoisotopic (exact) mass is 418 g/mol. The van der Waals surface area contributed by atoms with Crippen molar-refractivity contribution in [3.05, 3.63) is 82.0 Å². The number of aliphatic imine (C=N–C) groups is 1. The van der Waals surface area contributed by atoms with Crippen molar-refractivity contribution < 1.29 is 19.1 Å². The molecular formula is C23H18N2O4S. The molecule has 1 fully saturated rings. The molecule has 2 heterocycles. The van der Waals surface area contributed by atoms with E-state index in [1.54, 1.807) is 36.4 Å². The van der Waals surface area contributed by atoms with Gasteiger partial charge in [0, 0.05) is 11.6 Å². The van der Waals surface area contributed by atoms with Crippen LogP contribution in [-0.2, 0) is 4.79 Å². The second-order valence-corrected chi connectivity index (χ2v) is 7.89. The first-order valence-corrected chi connectivity index (χ1v) is 10.0. The van der Waals surface area contributed by atoms with Gasteiger partial charge in [0.15, 0.2) is 5.17 Å². The Morgan fingerprint density at radius 2 is 1.97 bits per heavy atom. The van der Waals surface area contributed by atoms with Crippen molar-refractivity contribution in [2.24, 2.45) is 4.99 Å². The number of nitrogens with one attached hydrogen (secondary N) is 1. The van der Waals surface area contributed by atoms with Gasteiger partial charge < -0.3 is 14.8 Å². The molecule has 0 atom stereocenters. The zero-order chi connectivity index (χ0) is 21.3. The SMILES string of the molecule is Cc1ccc(C)c(N=C2NC(=O)C(=Cc3ccc(-c4cccc(C(=O)O)c4)o3)S2)c1. The third-order valence-electron chi connectivity index (χ3n) is 4.53. The van der Waals surface area contributed by atoms with Gasteiger partial charge in [0.2, 0.25) is 0 Å². The van der Waals surface area contributed by atoms with Crippen molar-refractivity contribution in [2.75, 3.05) is 0 Å². The Bertz CT molecular complexity index is 1220. The van der Waals surface area contributed by atoms with E-state index in [0.29, 0.717) is 27.2 Å². The van der Waals surface area contributed by atoms with Gasteiger partial charge in [-0.15, -0.1) is 0 Å². The van der Waals surface area contributed by atoms with Gasteiger partial charge in [0.05, 0.1) is 16.2 Å². The first-order chi connectivity index (χ1) is 14.4. The molecule has 150 valence electrons. The molecule has 2 aromatic carbocycles. The highest BCUT2D eigenvalue weighted by atomic mass is 32.2. The Labute approximate surface area is 177 Å². The Hall–Kier alpha value is -3.58. The number of hydrogen-bond donors (Lipinski definition) is 2. The van der Waals surface area contributed by atoms with E-state index in [9.17, 15) is 9.59 Å². The molecule has 0 aliphatic carbocycles. The van der Waals surface area contributed by atoms with Crippen LogP contribution in [0.5, 0.6) is 0 Å². The minimum absolute atomic E-state index is 0.182. The number of furan rings is 1. The van der Waals surface area contributed by atoms with Crippen LogP contribution in [0.3, 0.4) is 0 Å². The number of amides is 1. The molecule has 3 aromatic rings. The van der Waals surface area contributed by atoms with Crippen LogP contribution in [0.1, 0.15) is 27.2 Å². The van der Waals surface area contributed by atoms with Gasteiger partial charge in [-0.1, -0.05) is 24.3 Å². The van der Waals surface area contributed by atoms with Gasteiger partial charge in [-0.2, -0.15) is 0 Å². The van der Waals surface area contributed by atoms with Crippen LogP contribution >= 0.6 is 11.8 Å². The Morgan fingerprint density at radius 1 is 1.13 bits per heavy atom. The Kier molecular flexibility index (Phi) is 5.29. The Morgan fingerprint density at radius 3 is 2.77 bits per heavy atom. The predicted octanol–water partition coefficient (Wildman–Crippen LogP) is 5.15. The van der Waals surface area contributed by atoms with Crippen molar-refractivity contribution in [3.8, 4) is 11.3 Å². The zero-order valence-corrected chi connectivity index (χ0v) is 17.1. The maximum absolute atomic E-state index is 12.3. The Balaban J connectivity index is 1.57. The number of hydrogen-bond acceptors (Lipinski definition) is 5. The third kappa shape index (κ3) is 4.21. The predicted molar refractivity (Wildman–Crippen MR) is 118 cm³/mol. The molecule has 0 radical (unpaired) electrons. The van der Waals surface area contributed by atoms with Gasteiger partial charge in [0.1, 0.15) is 11.5 Å². The van der Waals surface area contributed by atoms with Gasteiger partial charge in [0.25, 0.3) is 5.91 Å². The van der Waals surface area contributed by atoms with E-state index in [2.05, 4.69) is 10.3 Å². The summed E-state index contributed by atoms with van der Waals surface area (Å²) >= 11 is 1.25. The number of carboxylic acid groups (broad SMARTS) is 1. The largest absolute Gasteiger partial charge is 0.478 e. The number of carbonyl (C=O) groups is 2. The minimum Gasteiger partial charge on any atom is -0.478 e. The summed E-state index contributed by atoms with van der Waals surface area (Å²) in [6.07, 6.45) is 1.65. The molecule has 1 saturated heterocycles. The number of rotatable bonds is 4. The summed E-state index contributed by atoms with van der Waals surface area (Å²) in [4.78, 5) is 28.5. The lowest BCUT2D eigenvalue weighted by molar-refractivity contribution is -0.115. The average molecular weight is 418 g/mol. The molecular weight excluding hydrogens is 400 g/mol. The lowest BCUT2D eigenvalue weighted by atomic mass is 10.1. The maximum Gasteiger partial charge on any atom is 0.335 e. The molecule has 4 rings (SSSR count). The number of carbonyl (C=O) groups excluding carboxylic acids is 1. The molecule has 1 aliphatic heterocycles. The number of aryl methyl sites for hydroxylation is 2. The quantitative estimate of drug-likeness (QED) is 0.572. The van der Waals surface area contributed by atoms with E-state index in [4.69, 9.17) is 9.52 Å². The fourth-order valence-corrected chi connectivity index (χ4v) is 3.76. The van der Waals surface area contributed by atoms with Crippen molar-refractivity contribution in [2.45, 2.75) is 13.8 Å². The van der Waals surface area contributed by atoms with Crippen LogP contribution in [0.15, 0.2) is 68.9 Å². The number of nitrogens with zero attached hydrogens (tertiary/aromatic N) is 1. The maximum atomic E-state index is 12.3. The van der Waals surface area contributed by atoms with Crippen molar-refractivity contribution in [3.63, 3.8) is 0 Å². The molecule has 0 spiro atoms. The highest BCUT2D eigenvalue weighted by Crippen LogP contribution is 2.31. The number of carboxylic acids is 1. The second-order valence-electron chi connectivity index (χ2n) is 6.86. The molecule has 1 aromatic heterocycles. The van der Waals surface area contributed by atoms with E-state index < -0.39 is 5.97 Å². The topological polar surface area (TPSA) is 91.9 Å². The van der Waals surface area contributed by atoms with E-state index >= 15 is 0 Å². The van der Waals surface area contributed by atoms with E-state index in [0.717, 1.165) is 16.8 Å². The normalized spacial score (nSPS) is 16.3. The zero-order valence-electron chi connectivity index (χ0n) is 16.3. The highest BCUT2D eigenvalue weighted by Gasteiger charge is 2.24. The minimum atomic E-state index is -1.000. The fraction of sp³-hybridized carbons (Fsp3) is 0.0870. The van der Waals surface area contributed by atoms with Crippen LogP contribution in [-0.4, -0.2) is 22.2 Å². The summed E-state index contributed by atoms with van der Waals surface area (Å²) in [5.74, 6) is -0.218. The summed E-state index contributed by atoms with van der Waals surface area (Å²) in [5.41, 5.74) is 3.78. The molecule has 0 saturated carbocycles. The van der Waals surface area contributed by atoms with Gasteiger partial charge >= 0.3 is 5.97 Å². The molecule has 1 aliphatic rings. The van der Waals surface area contributed by atoms with Crippen LogP contribution < -0.4 is 5.32 Å². The van der Waals surface area contributed by atoms with Gasteiger partial charge in [-0.3, -0.25) is 4.79 Å². The molecule has 7 heteroatoms. The lowest BCUT2D eigenvalue weighted by Gasteiger charge is -2.02.